The fraction of sp³-hybridized carbons (Fsp3) is 0.333. The second-order valence-electron chi connectivity index (χ2n) is 5.21. The van der Waals surface area contributed by atoms with Crippen LogP contribution >= 0.6 is 0 Å². The van der Waals surface area contributed by atoms with E-state index in [1.54, 1.807) is 12.1 Å². The van der Waals surface area contributed by atoms with Crippen LogP contribution in [0.1, 0.15) is 24.8 Å². The fourth-order valence-corrected chi connectivity index (χ4v) is 2.11. The number of rotatable bonds is 5. The number of hydrogen-bond acceptors (Lipinski definition) is 5. The minimum absolute atomic E-state index is 0.149. The van der Waals surface area contributed by atoms with Crippen molar-refractivity contribution in [2.45, 2.75) is 26.1 Å². The number of halogens is 3. The zero-order chi connectivity index (χ0) is 18.6. The summed E-state index contributed by atoms with van der Waals surface area (Å²) in [5, 5.41) is 3.29. The van der Waals surface area contributed by atoms with Gasteiger partial charge < -0.3 is 15.2 Å². The highest BCUT2D eigenvalue weighted by molar-refractivity contribution is 6.34. The largest absolute Gasteiger partial charge is 0.471 e. The molecule has 10 heteroatoms. The molecule has 0 saturated carbocycles. The predicted molar refractivity (Wildman–Crippen MR) is 79.6 cm³/mol. The molecule has 0 bridgehead atoms. The summed E-state index contributed by atoms with van der Waals surface area (Å²) < 4.78 is 41.6. The molecule has 2 N–H and O–H groups in total. The van der Waals surface area contributed by atoms with Gasteiger partial charge in [0, 0.05) is 18.7 Å². The molecule has 1 aromatic carbocycles. The first-order valence-corrected chi connectivity index (χ1v) is 7.31. The molecule has 0 unspecified atom stereocenters. The van der Waals surface area contributed by atoms with E-state index in [-0.39, 0.29) is 12.4 Å². The molecule has 2 aromatic rings. The minimum atomic E-state index is -4.71. The van der Waals surface area contributed by atoms with Gasteiger partial charge in [0.1, 0.15) is 0 Å². The number of amides is 2. The van der Waals surface area contributed by atoms with Crippen molar-refractivity contribution in [3.8, 4) is 11.4 Å². The van der Waals surface area contributed by atoms with Gasteiger partial charge in [0.2, 0.25) is 5.82 Å². The predicted octanol–water partition coefficient (Wildman–Crippen LogP) is 1.98. The van der Waals surface area contributed by atoms with Crippen LogP contribution in [0.15, 0.2) is 28.8 Å². The van der Waals surface area contributed by atoms with E-state index < -0.39 is 23.9 Å². The highest BCUT2D eigenvalue weighted by Gasteiger charge is 2.38. The van der Waals surface area contributed by atoms with Crippen molar-refractivity contribution < 1.29 is 27.3 Å². The Kier molecular flexibility index (Phi) is 5.40. The Morgan fingerprint density at radius 3 is 2.36 bits per heavy atom. The molecule has 0 radical (unpaired) electrons. The van der Waals surface area contributed by atoms with E-state index in [1.165, 1.54) is 17.0 Å². The minimum Gasteiger partial charge on any atom is -0.361 e. The number of aromatic nitrogens is 2. The molecular formula is C15H15F3N4O3. The second-order valence-corrected chi connectivity index (χ2v) is 5.21. The molecule has 0 aliphatic carbocycles. The summed E-state index contributed by atoms with van der Waals surface area (Å²) in [6.07, 6.45) is -4.07. The molecular weight excluding hydrogens is 341 g/mol. The van der Waals surface area contributed by atoms with Crippen LogP contribution in [0.25, 0.3) is 11.4 Å². The summed E-state index contributed by atoms with van der Waals surface area (Å²) in [5.74, 6) is -3.46. The number of hydrogen-bond donors (Lipinski definition) is 1. The maximum Gasteiger partial charge on any atom is 0.471 e. The topological polar surface area (TPSA) is 102 Å². The highest BCUT2D eigenvalue weighted by Crippen LogP contribution is 2.29. The van der Waals surface area contributed by atoms with E-state index in [1.807, 2.05) is 6.92 Å². The fourth-order valence-electron chi connectivity index (χ4n) is 2.11. The van der Waals surface area contributed by atoms with Crippen molar-refractivity contribution in [2.75, 3.05) is 6.54 Å². The van der Waals surface area contributed by atoms with Gasteiger partial charge in [-0.15, -0.1) is 0 Å². The first kappa shape index (κ1) is 18.4. The number of nitrogens with zero attached hydrogens (tertiary/aromatic N) is 3. The van der Waals surface area contributed by atoms with E-state index in [9.17, 15) is 22.8 Å². The van der Waals surface area contributed by atoms with E-state index in [0.29, 0.717) is 24.1 Å². The average Bonchev–Trinajstić information content (AvgIpc) is 3.04. The van der Waals surface area contributed by atoms with E-state index in [4.69, 9.17) is 5.73 Å². The van der Waals surface area contributed by atoms with Crippen LogP contribution in [0, 0.1) is 0 Å². The summed E-state index contributed by atoms with van der Waals surface area (Å²) in [6, 6.07) is 6.18. The SMILES string of the molecule is CCCN(Cc1ccc(-c2noc(C(F)(F)F)n2)cc1)C(=O)C(N)=O. The van der Waals surface area contributed by atoms with Crippen molar-refractivity contribution in [3.05, 3.63) is 35.7 Å². The first-order chi connectivity index (χ1) is 11.7. The lowest BCUT2D eigenvalue weighted by Crippen LogP contribution is -2.40. The lowest BCUT2D eigenvalue weighted by atomic mass is 10.1. The maximum atomic E-state index is 12.5. The molecule has 0 spiro atoms. The molecule has 0 atom stereocenters. The number of benzene rings is 1. The van der Waals surface area contributed by atoms with Crippen molar-refractivity contribution in [1.82, 2.24) is 15.0 Å². The van der Waals surface area contributed by atoms with Gasteiger partial charge >= 0.3 is 23.9 Å². The third kappa shape index (κ3) is 4.55. The van der Waals surface area contributed by atoms with Crippen LogP contribution in [0.5, 0.6) is 0 Å². The van der Waals surface area contributed by atoms with Crippen molar-refractivity contribution in [1.29, 1.82) is 0 Å². The number of primary amides is 1. The summed E-state index contributed by atoms with van der Waals surface area (Å²) in [6.45, 7) is 2.35. The number of carbonyl (C=O) groups is 2. The molecule has 0 fully saturated rings. The summed E-state index contributed by atoms with van der Waals surface area (Å²) >= 11 is 0. The summed E-state index contributed by atoms with van der Waals surface area (Å²) in [4.78, 5) is 27.4. The van der Waals surface area contributed by atoms with Crippen LogP contribution in [0.2, 0.25) is 0 Å². The first-order valence-electron chi connectivity index (χ1n) is 7.31. The summed E-state index contributed by atoms with van der Waals surface area (Å²) in [7, 11) is 0. The molecule has 0 aliphatic rings. The Morgan fingerprint density at radius 2 is 1.88 bits per heavy atom. The monoisotopic (exact) mass is 356 g/mol. The standard InChI is InChI=1S/C15H15F3N4O3/c1-2-7-22(13(24)11(19)23)8-9-3-5-10(6-4-9)12-20-14(25-21-12)15(16,17)18/h3-6H,2,7-8H2,1H3,(H2,19,23). The van der Waals surface area contributed by atoms with Gasteiger partial charge in [-0.1, -0.05) is 36.3 Å². The average molecular weight is 356 g/mol. The van der Waals surface area contributed by atoms with E-state index in [2.05, 4.69) is 14.7 Å². The molecule has 0 saturated heterocycles. The Morgan fingerprint density at radius 1 is 1.24 bits per heavy atom. The molecule has 2 rings (SSSR count). The van der Waals surface area contributed by atoms with Crippen LogP contribution in [0.4, 0.5) is 13.2 Å². The lowest BCUT2D eigenvalue weighted by Gasteiger charge is -2.20. The van der Waals surface area contributed by atoms with Crippen LogP contribution in [0.3, 0.4) is 0 Å². The quantitative estimate of drug-likeness (QED) is 0.825. The van der Waals surface area contributed by atoms with Crippen LogP contribution in [-0.2, 0) is 22.3 Å². The zero-order valence-electron chi connectivity index (χ0n) is 13.2. The maximum absolute atomic E-state index is 12.5. The van der Waals surface area contributed by atoms with Crippen molar-refractivity contribution in [2.24, 2.45) is 5.73 Å². The smallest absolute Gasteiger partial charge is 0.361 e. The summed E-state index contributed by atoms with van der Waals surface area (Å²) in [5.41, 5.74) is 6.01. The van der Waals surface area contributed by atoms with Gasteiger partial charge in [-0.05, 0) is 12.0 Å². The van der Waals surface area contributed by atoms with Gasteiger partial charge in [0.25, 0.3) is 0 Å². The molecule has 134 valence electrons. The Labute approximate surface area is 140 Å². The highest BCUT2D eigenvalue weighted by atomic mass is 19.4. The molecule has 0 aliphatic heterocycles. The van der Waals surface area contributed by atoms with E-state index >= 15 is 0 Å². The van der Waals surface area contributed by atoms with Gasteiger partial charge in [0.15, 0.2) is 0 Å². The third-order valence-electron chi connectivity index (χ3n) is 3.25. The van der Waals surface area contributed by atoms with Crippen LogP contribution < -0.4 is 5.73 Å². The zero-order valence-corrected chi connectivity index (χ0v) is 13.2. The molecule has 1 heterocycles. The second kappa shape index (κ2) is 7.32. The van der Waals surface area contributed by atoms with E-state index in [0.717, 1.165) is 0 Å². The normalized spacial score (nSPS) is 11.4. The molecule has 1 aromatic heterocycles. The number of alkyl halides is 3. The Balaban J connectivity index is 2.15. The third-order valence-corrected chi connectivity index (χ3v) is 3.25. The van der Waals surface area contributed by atoms with Gasteiger partial charge in [0.05, 0.1) is 0 Å². The molecule has 2 amide bonds. The molecule has 7 nitrogen and oxygen atoms in total. The Hall–Kier alpha value is -2.91. The lowest BCUT2D eigenvalue weighted by molar-refractivity contribution is -0.159. The Bertz CT molecular complexity index is 756. The van der Waals surface area contributed by atoms with Crippen LogP contribution in [-0.4, -0.2) is 33.4 Å². The van der Waals surface area contributed by atoms with Crippen molar-refractivity contribution >= 4 is 11.8 Å². The van der Waals surface area contributed by atoms with Gasteiger partial charge in [-0.25, -0.2) is 0 Å². The number of nitrogens with two attached hydrogens (primary N) is 1. The molecule has 25 heavy (non-hydrogen) atoms. The van der Waals surface area contributed by atoms with Gasteiger partial charge in [-0.2, -0.15) is 18.2 Å². The van der Waals surface area contributed by atoms with Crippen molar-refractivity contribution in [3.63, 3.8) is 0 Å². The number of carbonyl (C=O) groups excluding carboxylic acids is 2. The van der Waals surface area contributed by atoms with Gasteiger partial charge in [-0.3, -0.25) is 9.59 Å².